The molecule has 2 heterocycles. The van der Waals surface area contributed by atoms with Crippen LogP contribution < -0.4 is 5.32 Å². The molecule has 0 saturated carbocycles. The summed E-state index contributed by atoms with van der Waals surface area (Å²) in [6.45, 7) is 3.27. The van der Waals surface area contributed by atoms with Gasteiger partial charge in [0.15, 0.2) is 0 Å². The van der Waals surface area contributed by atoms with Crippen molar-refractivity contribution in [1.82, 2.24) is 14.5 Å². The van der Waals surface area contributed by atoms with Crippen LogP contribution in [0.2, 0.25) is 0 Å². The number of nitrogens with one attached hydrogen (secondary N) is 1. The fourth-order valence-corrected chi connectivity index (χ4v) is 5.19. The second-order valence-electron chi connectivity index (χ2n) is 6.03. The van der Waals surface area contributed by atoms with Crippen molar-refractivity contribution in [3.8, 4) is 0 Å². The van der Waals surface area contributed by atoms with Crippen molar-refractivity contribution in [3.63, 3.8) is 0 Å². The molecule has 26 heavy (non-hydrogen) atoms. The third-order valence-electron chi connectivity index (χ3n) is 4.29. The van der Waals surface area contributed by atoms with Gasteiger partial charge >= 0.3 is 6.03 Å². The molecular formula is C17H20BrN3O3S2. The molecule has 0 bridgehead atoms. The summed E-state index contributed by atoms with van der Waals surface area (Å²) in [6.07, 6.45) is 0. The molecule has 6 nitrogen and oxygen atoms in total. The normalized spacial score (nSPS) is 17.1. The molecule has 1 unspecified atom stereocenters. The van der Waals surface area contributed by atoms with E-state index in [-0.39, 0.29) is 17.0 Å². The number of hydrogen-bond acceptors (Lipinski definition) is 4. The molecular weight excluding hydrogens is 438 g/mol. The van der Waals surface area contributed by atoms with Crippen molar-refractivity contribution < 1.29 is 13.2 Å². The van der Waals surface area contributed by atoms with Crippen molar-refractivity contribution in [1.29, 1.82) is 0 Å². The number of hydrogen-bond donors (Lipinski definition) is 1. The lowest BCUT2D eigenvalue weighted by atomic mass is 10.3. The molecule has 140 valence electrons. The summed E-state index contributed by atoms with van der Waals surface area (Å²) in [5, 5.41) is 4.94. The Bertz CT molecular complexity index is 846. The molecule has 1 aromatic heterocycles. The van der Waals surface area contributed by atoms with Crippen LogP contribution >= 0.6 is 27.3 Å². The number of halogens is 1. The lowest BCUT2D eigenvalue weighted by Gasteiger charge is -2.34. The van der Waals surface area contributed by atoms with Gasteiger partial charge in [-0.1, -0.05) is 22.0 Å². The van der Waals surface area contributed by atoms with E-state index in [1.807, 2.05) is 24.4 Å². The van der Waals surface area contributed by atoms with Gasteiger partial charge in [0.1, 0.15) is 0 Å². The Morgan fingerprint density at radius 2 is 1.81 bits per heavy atom. The molecule has 0 spiro atoms. The molecule has 2 amide bonds. The van der Waals surface area contributed by atoms with Crippen LogP contribution in [0.3, 0.4) is 0 Å². The van der Waals surface area contributed by atoms with E-state index in [4.69, 9.17) is 0 Å². The van der Waals surface area contributed by atoms with Crippen LogP contribution in [0, 0.1) is 0 Å². The summed E-state index contributed by atoms with van der Waals surface area (Å²) < 4.78 is 27.7. The van der Waals surface area contributed by atoms with E-state index in [1.165, 1.54) is 4.31 Å². The van der Waals surface area contributed by atoms with E-state index in [9.17, 15) is 13.2 Å². The number of sulfonamides is 1. The third-order valence-corrected chi connectivity index (χ3v) is 7.78. The number of carbonyl (C=O) groups is 1. The van der Waals surface area contributed by atoms with Gasteiger partial charge in [0.05, 0.1) is 10.9 Å². The second kappa shape index (κ2) is 8.08. The highest BCUT2D eigenvalue weighted by molar-refractivity contribution is 9.10. The number of benzene rings is 1. The zero-order valence-corrected chi connectivity index (χ0v) is 17.5. The molecule has 1 aromatic carbocycles. The summed E-state index contributed by atoms with van der Waals surface area (Å²) in [7, 11) is -3.53. The Morgan fingerprint density at radius 1 is 1.15 bits per heavy atom. The van der Waals surface area contributed by atoms with Gasteiger partial charge in [-0.25, -0.2) is 13.2 Å². The van der Waals surface area contributed by atoms with E-state index in [1.54, 1.807) is 40.5 Å². The average Bonchev–Trinajstić information content (AvgIpc) is 3.17. The van der Waals surface area contributed by atoms with Crippen LogP contribution in [0.4, 0.5) is 4.79 Å². The zero-order valence-electron chi connectivity index (χ0n) is 14.3. The maximum atomic E-state index is 12.7. The van der Waals surface area contributed by atoms with E-state index in [2.05, 4.69) is 21.2 Å². The number of rotatable bonds is 4. The lowest BCUT2D eigenvalue weighted by Crippen LogP contribution is -2.53. The minimum absolute atomic E-state index is 0.0629. The quantitative estimate of drug-likeness (QED) is 0.765. The number of thiophene rings is 1. The summed E-state index contributed by atoms with van der Waals surface area (Å²) >= 11 is 4.90. The maximum absolute atomic E-state index is 12.7. The van der Waals surface area contributed by atoms with E-state index < -0.39 is 10.0 Å². The highest BCUT2D eigenvalue weighted by Gasteiger charge is 2.30. The molecule has 9 heteroatoms. The predicted molar refractivity (Wildman–Crippen MR) is 106 cm³/mol. The smallest absolute Gasteiger partial charge is 0.317 e. The first kappa shape index (κ1) is 19.3. The highest BCUT2D eigenvalue weighted by atomic mass is 79.9. The topological polar surface area (TPSA) is 69.7 Å². The van der Waals surface area contributed by atoms with Crippen LogP contribution in [0.25, 0.3) is 0 Å². The van der Waals surface area contributed by atoms with Crippen LogP contribution in [-0.4, -0.2) is 49.8 Å². The van der Waals surface area contributed by atoms with Gasteiger partial charge in [0.25, 0.3) is 0 Å². The Labute approximate surface area is 166 Å². The number of piperazine rings is 1. The summed E-state index contributed by atoms with van der Waals surface area (Å²) in [6, 6.07) is 10.3. The van der Waals surface area contributed by atoms with Crippen LogP contribution in [0.15, 0.2) is 51.1 Å². The fourth-order valence-electron chi connectivity index (χ4n) is 2.77. The zero-order chi connectivity index (χ0) is 18.7. The number of carbonyl (C=O) groups excluding carboxylic acids is 1. The van der Waals surface area contributed by atoms with Crippen molar-refractivity contribution in [2.45, 2.75) is 17.9 Å². The molecule has 3 rings (SSSR count). The molecule has 2 aromatic rings. The first-order valence-electron chi connectivity index (χ1n) is 8.22. The minimum Gasteiger partial charge on any atom is -0.331 e. The third kappa shape index (κ3) is 4.28. The first-order chi connectivity index (χ1) is 12.4. The first-order valence-corrected chi connectivity index (χ1v) is 11.3. The van der Waals surface area contributed by atoms with Crippen molar-refractivity contribution in [2.24, 2.45) is 0 Å². The van der Waals surface area contributed by atoms with E-state index in [0.29, 0.717) is 26.2 Å². The largest absolute Gasteiger partial charge is 0.331 e. The van der Waals surface area contributed by atoms with Gasteiger partial charge in [-0.3, -0.25) is 0 Å². The van der Waals surface area contributed by atoms with E-state index >= 15 is 0 Å². The van der Waals surface area contributed by atoms with Gasteiger partial charge in [-0.15, -0.1) is 11.3 Å². The predicted octanol–water partition coefficient (Wildman–Crippen LogP) is 3.29. The Hall–Kier alpha value is -1.42. The van der Waals surface area contributed by atoms with Gasteiger partial charge in [-0.05, 0) is 42.6 Å². The summed E-state index contributed by atoms with van der Waals surface area (Å²) in [5.41, 5.74) is 0. The van der Waals surface area contributed by atoms with Gasteiger partial charge in [0, 0.05) is 35.5 Å². The van der Waals surface area contributed by atoms with Gasteiger partial charge in [0.2, 0.25) is 10.0 Å². The number of nitrogens with zero attached hydrogens (tertiary/aromatic N) is 2. The van der Waals surface area contributed by atoms with Crippen molar-refractivity contribution >= 4 is 43.3 Å². The molecule has 1 N–H and O–H groups in total. The minimum atomic E-state index is -3.53. The van der Waals surface area contributed by atoms with E-state index in [0.717, 1.165) is 9.35 Å². The number of urea groups is 1. The van der Waals surface area contributed by atoms with Crippen LogP contribution in [0.5, 0.6) is 0 Å². The Balaban J connectivity index is 1.58. The molecule has 0 radical (unpaired) electrons. The molecule has 1 aliphatic rings. The molecule has 1 atom stereocenters. The molecule has 1 fully saturated rings. The monoisotopic (exact) mass is 457 g/mol. The second-order valence-corrected chi connectivity index (χ2v) is 9.86. The standard InChI is InChI=1S/C17H20BrN3O3S2/c1-13(16-3-2-12-25-16)19-17(22)20-8-10-21(11-9-20)26(23,24)15-6-4-14(18)5-7-15/h2-7,12-13H,8-11H2,1H3,(H,19,22). The van der Waals surface area contributed by atoms with Crippen LogP contribution in [-0.2, 0) is 10.0 Å². The lowest BCUT2D eigenvalue weighted by molar-refractivity contribution is 0.169. The summed E-state index contributed by atoms with van der Waals surface area (Å²) in [5.74, 6) is 0. The highest BCUT2D eigenvalue weighted by Crippen LogP contribution is 2.21. The number of amides is 2. The molecule has 1 aliphatic heterocycles. The Kier molecular flexibility index (Phi) is 6.01. The van der Waals surface area contributed by atoms with Gasteiger partial charge in [-0.2, -0.15) is 4.31 Å². The van der Waals surface area contributed by atoms with Crippen molar-refractivity contribution in [2.75, 3.05) is 26.2 Å². The SMILES string of the molecule is CC(NC(=O)N1CCN(S(=O)(=O)c2ccc(Br)cc2)CC1)c1cccs1. The van der Waals surface area contributed by atoms with Crippen molar-refractivity contribution in [3.05, 3.63) is 51.1 Å². The Morgan fingerprint density at radius 3 is 2.38 bits per heavy atom. The molecule has 1 saturated heterocycles. The fraction of sp³-hybridized carbons (Fsp3) is 0.353. The van der Waals surface area contributed by atoms with Crippen LogP contribution in [0.1, 0.15) is 17.8 Å². The summed E-state index contributed by atoms with van der Waals surface area (Å²) in [4.78, 5) is 15.4. The average molecular weight is 458 g/mol. The van der Waals surface area contributed by atoms with Gasteiger partial charge < -0.3 is 10.2 Å². The maximum Gasteiger partial charge on any atom is 0.317 e. The molecule has 0 aliphatic carbocycles.